The van der Waals surface area contributed by atoms with E-state index in [2.05, 4.69) is 20.3 Å². The van der Waals surface area contributed by atoms with Crippen LogP contribution in [-0.4, -0.2) is 20.9 Å². The van der Waals surface area contributed by atoms with Crippen LogP contribution in [0.3, 0.4) is 0 Å². The first kappa shape index (κ1) is 10.0. The van der Waals surface area contributed by atoms with Crippen molar-refractivity contribution in [2.45, 2.75) is 0 Å². The lowest BCUT2D eigenvalue weighted by molar-refractivity contribution is 0.102. The summed E-state index contributed by atoms with van der Waals surface area (Å²) in [6.07, 6.45) is 4.46. The summed E-state index contributed by atoms with van der Waals surface area (Å²) in [4.78, 5) is 23.3. The highest BCUT2D eigenvalue weighted by molar-refractivity contribution is 6.02. The molecule has 0 aliphatic heterocycles. The molecule has 2 aromatic heterocycles. The minimum absolute atomic E-state index is 0.241. The van der Waals surface area contributed by atoms with Gasteiger partial charge in [0.1, 0.15) is 11.5 Å². The van der Waals surface area contributed by atoms with Crippen LogP contribution in [0.15, 0.2) is 36.8 Å². The third kappa shape index (κ3) is 2.30. The maximum absolute atomic E-state index is 11.7. The van der Waals surface area contributed by atoms with Gasteiger partial charge >= 0.3 is 0 Å². The van der Waals surface area contributed by atoms with E-state index in [0.717, 1.165) is 0 Å². The minimum Gasteiger partial charge on any atom is -0.384 e. The molecule has 0 fully saturated rings. The molecule has 0 radical (unpaired) electrons. The molecule has 0 saturated carbocycles. The predicted molar refractivity (Wildman–Crippen MR) is 58.6 cm³/mol. The number of hydrogen-bond acceptors (Lipinski definition) is 5. The molecule has 6 heteroatoms. The van der Waals surface area contributed by atoms with Crippen LogP contribution in [0.1, 0.15) is 10.5 Å². The first-order chi connectivity index (χ1) is 7.75. The van der Waals surface area contributed by atoms with Crippen LogP contribution in [0.2, 0.25) is 0 Å². The topological polar surface area (TPSA) is 93.8 Å². The second-order valence-corrected chi connectivity index (χ2v) is 2.99. The van der Waals surface area contributed by atoms with Gasteiger partial charge in [-0.05, 0) is 12.1 Å². The Hall–Kier alpha value is -2.50. The van der Waals surface area contributed by atoms with Crippen molar-refractivity contribution in [3.63, 3.8) is 0 Å². The van der Waals surface area contributed by atoms with Crippen LogP contribution >= 0.6 is 0 Å². The molecule has 6 nitrogen and oxygen atoms in total. The summed E-state index contributed by atoms with van der Waals surface area (Å²) in [7, 11) is 0. The number of aromatic nitrogens is 3. The van der Waals surface area contributed by atoms with Crippen molar-refractivity contribution in [1.29, 1.82) is 0 Å². The molecule has 80 valence electrons. The maximum atomic E-state index is 11.7. The number of pyridine rings is 1. The molecular weight excluding hydrogens is 206 g/mol. The lowest BCUT2D eigenvalue weighted by atomic mass is 10.3. The zero-order valence-corrected chi connectivity index (χ0v) is 8.29. The van der Waals surface area contributed by atoms with Crippen molar-refractivity contribution in [2.75, 3.05) is 11.1 Å². The van der Waals surface area contributed by atoms with Gasteiger partial charge in [-0.3, -0.25) is 9.78 Å². The molecule has 0 spiro atoms. The smallest absolute Gasteiger partial charge is 0.275 e. The summed E-state index contributed by atoms with van der Waals surface area (Å²) >= 11 is 0. The van der Waals surface area contributed by atoms with Gasteiger partial charge in [-0.2, -0.15) is 0 Å². The fourth-order valence-electron chi connectivity index (χ4n) is 1.12. The van der Waals surface area contributed by atoms with E-state index < -0.39 is 0 Å². The number of carbonyl (C=O) groups is 1. The highest BCUT2D eigenvalue weighted by atomic mass is 16.1. The number of nitrogens with zero attached hydrogens (tertiary/aromatic N) is 3. The summed E-state index contributed by atoms with van der Waals surface area (Å²) < 4.78 is 0. The molecule has 16 heavy (non-hydrogen) atoms. The van der Waals surface area contributed by atoms with Crippen molar-refractivity contribution in [1.82, 2.24) is 15.0 Å². The maximum Gasteiger partial charge on any atom is 0.275 e. The van der Waals surface area contributed by atoms with E-state index in [4.69, 9.17) is 5.73 Å². The molecule has 1 amide bonds. The highest BCUT2D eigenvalue weighted by Crippen LogP contribution is 2.04. The van der Waals surface area contributed by atoms with Crippen LogP contribution in [0.5, 0.6) is 0 Å². The molecule has 2 heterocycles. The molecule has 0 aliphatic rings. The van der Waals surface area contributed by atoms with Crippen LogP contribution in [0, 0.1) is 0 Å². The Bertz CT molecular complexity index is 500. The summed E-state index contributed by atoms with van der Waals surface area (Å²) in [6, 6.07) is 4.84. The number of nitrogen functional groups attached to an aromatic ring is 1. The minimum atomic E-state index is -0.368. The first-order valence-corrected chi connectivity index (χ1v) is 4.55. The standard InChI is InChI=1S/C10H9N5O/c11-8-3-1-2-7(14-8)10(16)15-9-6-12-4-5-13-9/h1-6H,(H2,11,14)(H,13,15,16). The molecule has 0 atom stereocenters. The van der Waals surface area contributed by atoms with E-state index in [-0.39, 0.29) is 11.6 Å². The molecule has 2 rings (SSSR count). The zero-order chi connectivity index (χ0) is 11.4. The SMILES string of the molecule is Nc1cccc(C(=O)Nc2cnccn2)n1. The van der Waals surface area contributed by atoms with Crippen molar-refractivity contribution >= 4 is 17.5 Å². The number of nitrogens with one attached hydrogen (secondary N) is 1. The van der Waals surface area contributed by atoms with Crippen LogP contribution in [0.25, 0.3) is 0 Å². The Balaban J connectivity index is 2.15. The molecule has 3 N–H and O–H groups in total. The van der Waals surface area contributed by atoms with Crippen molar-refractivity contribution in [3.05, 3.63) is 42.5 Å². The number of amides is 1. The molecule has 2 aromatic rings. The van der Waals surface area contributed by atoms with E-state index >= 15 is 0 Å². The molecular formula is C10H9N5O. The van der Waals surface area contributed by atoms with Gasteiger partial charge in [0.15, 0.2) is 5.82 Å². The number of anilines is 2. The largest absolute Gasteiger partial charge is 0.384 e. The van der Waals surface area contributed by atoms with Gasteiger partial charge in [-0.1, -0.05) is 6.07 Å². The molecule has 0 aromatic carbocycles. The Morgan fingerprint density at radius 2 is 2.19 bits per heavy atom. The fraction of sp³-hybridized carbons (Fsp3) is 0. The number of nitrogens with two attached hydrogens (primary N) is 1. The Labute approximate surface area is 91.6 Å². The van der Waals surface area contributed by atoms with E-state index in [0.29, 0.717) is 11.6 Å². The van der Waals surface area contributed by atoms with Gasteiger partial charge in [0.2, 0.25) is 0 Å². The van der Waals surface area contributed by atoms with Gasteiger partial charge in [-0.15, -0.1) is 0 Å². The summed E-state index contributed by atoms with van der Waals surface area (Å²) in [5.41, 5.74) is 5.71. The summed E-state index contributed by atoms with van der Waals surface area (Å²) in [5.74, 6) is 0.302. The summed E-state index contributed by atoms with van der Waals surface area (Å²) in [5, 5.41) is 2.55. The monoisotopic (exact) mass is 215 g/mol. The van der Waals surface area contributed by atoms with Gasteiger partial charge in [-0.25, -0.2) is 9.97 Å². The number of hydrogen-bond donors (Lipinski definition) is 2. The molecule has 0 aliphatic carbocycles. The van der Waals surface area contributed by atoms with Crippen LogP contribution in [0.4, 0.5) is 11.6 Å². The number of carbonyl (C=O) groups excluding carboxylic acids is 1. The van der Waals surface area contributed by atoms with Gasteiger partial charge in [0.05, 0.1) is 6.20 Å². The van der Waals surface area contributed by atoms with Gasteiger partial charge in [0.25, 0.3) is 5.91 Å². The predicted octanol–water partition coefficient (Wildman–Crippen LogP) is 0.706. The Morgan fingerprint density at radius 1 is 1.31 bits per heavy atom. The molecule has 0 unspecified atom stereocenters. The van der Waals surface area contributed by atoms with Crippen LogP contribution in [-0.2, 0) is 0 Å². The third-order valence-corrected chi connectivity index (χ3v) is 1.81. The quantitative estimate of drug-likeness (QED) is 0.769. The lowest BCUT2D eigenvalue weighted by Gasteiger charge is -2.02. The summed E-state index contributed by atoms with van der Waals surface area (Å²) in [6.45, 7) is 0. The fourth-order valence-corrected chi connectivity index (χ4v) is 1.12. The van der Waals surface area contributed by atoms with E-state index in [9.17, 15) is 4.79 Å². The van der Waals surface area contributed by atoms with Gasteiger partial charge in [0, 0.05) is 12.4 Å². The Morgan fingerprint density at radius 3 is 2.88 bits per heavy atom. The number of rotatable bonds is 2. The lowest BCUT2D eigenvalue weighted by Crippen LogP contribution is -2.15. The van der Waals surface area contributed by atoms with Crippen molar-refractivity contribution in [2.24, 2.45) is 0 Å². The molecule has 0 bridgehead atoms. The van der Waals surface area contributed by atoms with E-state index in [1.807, 2.05) is 0 Å². The highest BCUT2D eigenvalue weighted by Gasteiger charge is 2.07. The van der Waals surface area contributed by atoms with Crippen LogP contribution < -0.4 is 11.1 Å². The normalized spacial score (nSPS) is 9.75. The Kier molecular flexibility index (Phi) is 2.73. The third-order valence-electron chi connectivity index (χ3n) is 1.81. The second kappa shape index (κ2) is 4.35. The first-order valence-electron chi connectivity index (χ1n) is 4.55. The second-order valence-electron chi connectivity index (χ2n) is 2.99. The van der Waals surface area contributed by atoms with Crippen molar-refractivity contribution in [3.8, 4) is 0 Å². The van der Waals surface area contributed by atoms with E-state index in [1.165, 1.54) is 18.6 Å². The average molecular weight is 215 g/mol. The van der Waals surface area contributed by atoms with Crippen molar-refractivity contribution < 1.29 is 4.79 Å². The molecule has 0 saturated heterocycles. The van der Waals surface area contributed by atoms with E-state index in [1.54, 1.807) is 18.2 Å². The van der Waals surface area contributed by atoms with Gasteiger partial charge < -0.3 is 11.1 Å². The average Bonchev–Trinajstić information content (AvgIpc) is 2.30. The zero-order valence-electron chi connectivity index (χ0n) is 8.29.